The molecule has 3 nitrogen and oxygen atoms in total. The standard InChI is InChI=1S/C14H15N3S/c1-10(2)14(13-6-4-8-18-13)17-11-5-3-7-16-12(11)9-15/h3-8,10,14,17H,1-2H3. The lowest BCUT2D eigenvalue weighted by Gasteiger charge is -2.22. The van der Waals surface area contributed by atoms with Crippen molar-refractivity contribution in [2.45, 2.75) is 19.9 Å². The predicted octanol–water partition coefficient (Wildman–Crippen LogP) is 3.82. The topological polar surface area (TPSA) is 48.7 Å². The molecule has 0 aliphatic heterocycles. The van der Waals surface area contributed by atoms with Crippen molar-refractivity contribution in [3.8, 4) is 6.07 Å². The lowest BCUT2D eigenvalue weighted by molar-refractivity contribution is 0.553. The van der Waals surface area contributed by atoms with Crippen LogP contribution in [0.2, 0.25) is 0 Å². The summed E-state index contributed by atoms with van der Waals surface area (Å²) in [6.45, 7) is 4.33. The molecule has 0 aliphatic rings. The Morgan fingerprint density at radius 2 is 2.17 bits per heavy atom. The third kappa shape index (κ3) is 2.69. The molecule has 0 bridgehead atoms. The molecule has 2 heterocycles. The molecule has 0 radical (unpaired) electrons. The van der Waals surface area contributed by atoms with E-state index in [1.54, 1.807) is 17.5 Å². The van der Waals surface area contributed by atoms with Gasteiger partial charge in [-0.05, 0) is 29.5 Å². The molecule has 0 saturated carbocycles. The number of rotatable bonds is 4. The van der Waals surface area contributed by atoms with Gasteiger partial charge in [0.05, 0.1) is 11.7 Å². The summed E-state index contributed by atoms with van der Waals surface area (Å²) >= 11 is 1.73. The quantitative estimate of drug-likeness (QED) is 0.905. The summed E-state index contributed by atoms with van der Waals surface area (Å²) in [5.41, 5.74) is 1.24. The molecule has 4 heteroatoms. The first-order valence-electron chi connectivity index (χ1n) is 5.87. The van der Waals surface area contributed by atoms with E-state index in [2.05, 4.69) is 41.7 Å². The first kappa shape index (κ1) is 12.6. The average Bonchev–Trinajstić information content (AvgIpc) is 2.89. The van der Waals surface area contributed by atoms with Gasteiger partial charge in [0.25, 0.3) is 0 Å². The SMILES string of the molecule is CC(C)C(Nc1cccnc1C#N)c1cccs1. The second-order valence-corrected chi connectivity index (χ2v) is 5.37. The van der Waals surface area contributed by atoms with Gasteiger partial charge >= 0.3 is 0 Å². The van der Waals surface area contributed by atoms with Crippen LogP contribution in [0.3, 0.4) is 0 Å². The maximum absolute atomic E-state index is 9.05. The second kappa shape index (κ2) is 5.65. The molecule has 2 rings (SSSR count). The number of hydrogen-bond donors (Lipinski definition) is 1. The van der Waals surface area contributed by atoms with Crippen molar-refractivity contribution in [3.05, 3.63) is 46.4 Å². The molecule has 1 N–H and O–H groups in total. The van der Waals surface area contributed by atoms with Gasteiger partial charge in [-0.25, -0.2) is 4.98 Å². The van der Waals surface area contributed by atoms with E-state index in [1.165, 1.54) is 4.88 Å². The molecule has 0 saturated heterocycles. The molecule has 1 unspecified atom stereocenters. The van der Waals surface area contributed by atoms with E-state index >= 15 is 0 Å². The minimum Gasteiger partial charge on any atom is -0.375 e. The fraction of sp³-hybridized carbons (Fsp3) is 0.286. The van der Waals surface area contributed by atoms with E-state index in [0.29, 0.717) is 11.6 Å². The minimum absolute atomic E-state index is 0.210. The number of thiophene rings is 1. The summed E-state index contributed by atoms with van der Waals surface area (Å²) in [5.74, 6) is 0.440. The fourth-order valence-corrected chi connectivity index (χ4v) is 2.76. The van der Waals surface area contributed by atoms with E-state index in [0.717, 1.165) is 5.69 Å². The third-order valence-corrected chi connectivity index (χ3v) is 3.70. The van der Waals surface area contributed by atoms with E-state index in [9.17, 15) is 0 Å². The third-order valence-electron chi connectivity index (χ3n) is 2.74. The highest BCUT2D eigenvalue weighted by atomic mass is 32.1. The van der Waals surface area contributed by atoms with Crippen LogP contribution in [-0.2, 0) is 0 Å². The number of anilines is 1. The monoisotopic (exact) mass is 257 g/mol. The van der Waals surface area contributed by atoms with E-state index in [1.807, 2.05) is 18.2 Å². The summed E-state index contributed by atoms with van der Waals surface area (Å²) in [5, 5.41) is 14.5. The Balaban J connectivity index is 2.28. The van der Waals surface area contributed by atoms with Crippen LogP contribution in [0.25, 0.3) is 0 Å². The predicted molar refractivity (Wildman–Crippen MR) is 74.5 cm³/mol. The van der Waals surface area contributed by atoms with Crippen molar-refractivity contribution in [1.29, 1.82) is 5.26 Å². The molecular weight excluding hydrogens is 242 g/mol. The number of nitrogens with zero attached hydrogens (tertiary/aromatic N) is 2. The van der Waals surface area contributed by atoms with E-state index in [4.69, 9.17) is 5.26 Å². The lowest BCUT2D eigenvalue weighted by atomic mass is 10.0. The highest BCUT2D eigenvalue weighted by Crippen LogP contribution is 2.30. The number of pyridine rings is 1. The Morgan fingerprint density at radius 1 is 1.33 bits per heavy atom. The van der Waals surface area contributed by atoms with Gasteiger partial charge in [-0.1, -0.05) is 19.9 Å². The van der Waals surface area contributed by atoms with Crippen LogP contribution in [-0.4, -0.2) is 4.98 Å². The Morgan fingerprint density at radius 3 is 2.78 bits per heavy atom. The van der Waals surface area contributed by atoms with Crippen molar-refractivity contribution < 1.29 is 0 Å². The van der Waals surface area contributed by atoms with Gasteiger partial charge in [-0.15, -0.1) is 11.3 Å². The number of aromatic nitrogens is 1. The smallest absolute Gasteiger partial charge is 0.163 e. The molecule has 0 spiro atoms. The number of nitrogens with one attached hydrogen (secondary N) is 1. The van der Waals surface area contributed by atoms with Crippen LogP contribution in [0.15, 0.2) is 35.8 Å². The highest BCUT2D eigenvalue weighted by molar-refractivity contribution is 7.10. The summed E-state index contributed by atoms with van der Waals surface area (Å²) in [6, 6.07) is 10.2. The molecule has 2 aromatic heterocycles. The molecule has 0 aliphatic carbocycles. The minimum atomic E-state index is 0.210. The van der Waals surface area contributed by atoms with Crippen molar-refractivity contribution in [1.82, 2.24) is 4.98 Å². The molecule has 18 heavy (non-hydrogen) atoms. The van der Waals surface area contributed by atoms with Crippen LogP contribution in [0.1, 0.15) is 30.5 Å². The fourth-order valence-electron chi connectivity index (χ4n) is 1.81. The van der Waals surface area contributed by atoms with Crippen LogP contribution < -0.4 is 5.32 Å². The van der Waals surface area contributed by atoms with Gasteiger partial charge < -0.3 is 5.32 Å². The number of nitriles is 1. The molecular formula is C14H15N3S. The zero-order valence-electron chi connectivity index (χ0n) is 10.4. The molecule has 0 aromatic carbocycles. The molecule has 92 valence electrons. The van der Waals surface area contributed by atoms with Crippen LogP contribution in [0.5, 0.6) is 0 Å². The van der Waals surface area contributed by atoms with Gasteiger partial charge in [0.1, 0.15) is 6.07 Å². The maximum Gasteiger partial charge on any atom is 0.163 e. The summed E-state index contributed by atoms with van der Waals surface area (Å²) in [4.78, 5) is 5.35. The Labute approximate surface area is 111 Å². The van der Waals surface area contributed by atoms with Crippen LogP contribution >= 0.6 is 11.3 Å². The first-order valence-corrected chi connectivity index (χ1v) is 6.75. The van der Waals surface area contributed by atoms with Crippen LogP contribution in [0, 0.1) is 17.2 Å². The normalized spacial score (nSPS) is 12.1. The van der Waals surface area contributed by atoms with Crippen molar-refractivity contribution in [3.63, 3.8) is 0 Å². The van der Waals surface area contributed by atoms with Crippen LogP contribution in [0.4, 0.5) is 5.69 Å². The second-order valence-electron chi connectivity index (χ2n) is 4.39. The lowest BCUT2D eigenvalue weighted by Crippen LogP contribution is -2.16. The van der Waals surface area contributed by atoms with E-state index in [-0.39, 0.29) is 6.04 Å². The Hall–Kier alpha value is -1.86. The zero-order valence-corrected chi connectivity index (χ0v) is 11.2. The highest BCUT2D eigenvalue weighted by Gasteiger charge is 2.18. The molecule has 0 amide bonds. The van der Waals surface area contributed by atoms with Crippen molar-refractivity contribution >= 4 is 17.0 Å². The van der Waals surface area contributed by atoms with Gasteiger partial charge in [-0.2, -0.15) is 5.26 Å². The molecule has 0 fully saturated rings. The summed E-state index contributed by atoms with van der Waals surface area (Å²) in [7, 11) is 0. The Bertz CT molecular complexity index is 540. The zero-order chi connectivity index (χ0) is 13.0. The summed E-state index contributed by atoms with van der Waals surface area (Å²) in [6.07, 6.45) is 1.64. The largest absolute Gasteiger partial charge is 0.375 e. The van der Waals surface area contributed by atoms with Gasteiger partial charge in [-0.3, -0.25) is 0 Å². The summed E-state index contributed by atoms with van der Waals surface area (Å²) < 4.78 is 0. The molecule has 1 atom stereocenters. The Kier molecular flexibility index (Phi) is 3.96. The van der Waals surface area contributed by atoms with Gasteiger partial charge in [0.2, 0.25) is 0 Å². The average molecular weight is 257 g/mol. The first-order chi connectivity index (χ1) is 8.72. The van der Waals surface area contributed by atoms with Crippen molar-refractivity contribution in [2.24, 2.45) is 5.92 Å². The maximum atomic E-state index is 9.05. The number of hydrogen-bond acceptors (Lipinski definition) is 4. The van der Waals surface area contributed by atoms with E-state index < -0.39 is 0 Å². The van der Waals surface area contributed by atoms with Gasteiger partial charge in [0, 0.05) is 11.1 Å². The van der Waals surface area contributed by atoms with Gasteiger partial charge in [0.15, 0.2) is 5.69 Å². The van der Waals surface area contributed by atoms with Crippen molar-refractivity contribution in [2.75, 3.05) is 5.32 Å². The molecule has 2 aromatic rings.